The highest BCUT2D eigenvalue weighted by Gasteiger charge is 2.24. The molecule has 0 saturated carbocycles. The Hall–Kier alpha value is -2.17. The molecule has 1 N–H and O–H groups in total. The van der Waals surface area contributed by atoms with E-state index in [1.54, 1.807) is 20.8 Å². The Balaban J connectivity index is 2.84. The van der Waals surface area contributed by atoms with E-state index in [2.05, 4.69) is 11.9 Å². The van der Waals surface area contributed by atoms with Gasteiger partial charge in [0, 0.05) is 5.56 Å². The van der Waals surface area contributed by atoms with Gasteiger partial charge in [0.05, 0.1) is 6.04 Å². The lowest BCUT2D eigenvalue weighted by Gasteiger charge is -2.22. The molecule has 1 aromatic rings. The second kappa shape index (κ2) is 7.02. The number of carbonyl (C=O) groups is 2. The van der Waals surface area contributed by atoms with Crippen LogP contribution in [0.4, 0.5) is 9.18 Å². The summed E-state index contributed by atoms with van der Waals surface area (Å²) in [4.78, 5) is 24.1. The second-order valence-electron chi connectivity index (χ2n) is 5.60. The Morgan fingerprint density at radius 2 is 2.10 bits per heavy atom. The summed E-state index contributed by atoms with van der Waals surface area (Å²) >= 11 is 0. The highest BCUT2D eigenvalue weighted by Crippen LogP contribution is 2.11. The molecule has 114 valence electrons. The first-order chi connectivity index (χ1) is 9.73. The molecule has 1 unspecified atom stereocenters. The monoisotopic (exact) mass is 293 g/mol. The number of hydrogen-bond acceptors (Lipinski definition) is 3. The van der Waals surface area contributed by atoms with Gasteiger partial charge in [-0.15, -0.1) is 6.58 Å². The zero-order valence-electron chi connectivity index (χ0n) is 12.5. The van der Waals surface area contributed by atoms with E-state index in [0.29, 0.717) is 0 Å². The smallest absolute Gasteiger partial charge is 0.408 e. The van der Waals surface area contributed by atoms with Crippen molar-refractivity contribution in [2.45, 2.75) is 38.8 Å². The van der Waals surface area contributed by atoms with Crippen LogP contribution in [0.3, 0.4) is 0 Å². The number of amides is 1. The minimum absolute atomic E-state index is 0.193. The average molecular weight is 293 g/mol. The molecule has 0 bridgehead atoms. The number of ketones is 1. The summed E-state index contributed by atoms with van der Waals surface area (Å²) in [5.41, 5.74) is -0.469. The molecule has 0 aliphatic rings. The molecule has 4 nitrogen and oxygen atoms in total. The lowest BCUT2D eigenvalue weighted by Crippen LogP contribution is -2.43. The molecule has 0 fully saturated rings. The van der Waals surface area contributed by atoms with Gasteiger partial charge in [0.2, 0.25) is 0 Å². The number of Topliss-reactive ketones (excluding diaryl/α,β-unsaturated/α-hetero) is 1. The largest absolute Gasteiger partial charge is 0.444 e. The van der Waals surface area contributed by atoms with Gasteiger partial charge < -0.3 is 10.1 Å². The lowest BCUT2D eigenvalue weighted by molar-refractivity contribution is 0.0492. The summed E-state index contributed by atoms with van der Waals surface area (Å²) in [5, 5.41) is 2.49. The molecule has 0 aliphatic carbocycles. The van der Waals surface area contributed by atoms with Crippen LogP contribution in [0, 0.1) is 5.82 Å². The number of carbonyl (C=O) groups excluding carboxylic acids is 2. The van der Waals surface area contributed by atoms with Gasteiger partial charge in [-0.3, -0.25) is 4.79 Å². The topological polar surface area (TPSA) is 55.4 Å². The maximum atomic E-state index is 13.2. The molecule has 0 spiro atoms. The second-order valence-corrected chi connectivity index (χ2v) is 5.60. The Morgan fingerprint density at radius 1 is 1.43 bits per heavy atom. The van der Waals surface area contributed by atoms with Gasteiger partial charge in [-0.05, 0) is 39.3 Å². The number of benzene rings is 1. The Kier molecular flexibility index (Phi) is 5.64. The van der Waals surface area contributed by atoms with E-state index >= 15 is 0 Å². The van der Waals surface area contributed by atoms with Crippen LogP contribution in [0.25, 0.3) is 0 Å². The van der Waals surface area contributed by atoms with Gasteiger partial charge in [0.15, 0.2) is 5.78 Å². The van der Waals surface area contributed by atoms with Gasteiger partial charge >= 0.3 is 6.09 Å². The third-order valence-electron chi connectivity index (χ3n) is 2.52. The highest BCUT2D eigenvalue weighted by atomic mass is 19.1. The van der Waals surface area contributed by atoms with Gasteiger partial charge in [-0.25, -0.2) is 9.18 Å². The van der Waals surface area contributed by atoms with Crippen molar-refractivity contribution in [2.75, 3.05) is 0 Å². The fourth-order valence-electron chi connectivity index (χ4n) is 1.69. The summed E-state index contributed by atoms with van der Waals surface area (Å²) in [7, 11) is 0. The molecule has 0 aliphatic heterocycles. The van der Waals surface area contributed by atoms with Gasteiger partial charge in [-0.1, -0.05) is 18.2 Å². The summed E-state index contributed by atoms with van der Waals surface area (Å²) in [6, 6.07) is 4.49. The van der Waals surface area contributed by atoms with Crippen molar-refractivity contribution in [1.82, 2.24) is 5.32 Å². The number of nitrogens with one attached hydrogen (secondary N) is 1. The van der Waals surface area contributed by atoms with Gasteiger partial charge in [0.25, 0.3) is 0 Å². The first-order valence-corrected chi connectivity index (χ1v) is 6.63. The predicted octanol–water partition coefficient (Wildman–Crippen LogP) is 3.48. The number of halogens is 1. The third kappa shape index (κ3) is 5.77. The van der Waals surface area contributed by atoms with Crippen molar-refractivity contribution in [1.29, 1.82) is 0 Å². The summed E-state index contributed by atoms with van der Waals surface area (Å²) < 4.78 is 18.3. The average Bonchev–Trinajstić information content (AvgIpc) is 2.35. The predicted molar refractivity (Wildman–Crippen MR) is 78.7 cm³/mol. The molecular formula is C16H20FNO3. The van der Waals surface area contributed by atoms with Crippen molar-refractivity contribution in [3.8, 4) is 0 Å². The summed E-state index contributed by atoms with van der Waals surface area (Å²) in [6.45, 7) is 8.73. The standard InChI is InChI=1S/C16H20FNO3/c1-5-7-13(18-15(20)21-16(2,3)4)14(19)11-8-6-9-12(17)10-11/h5-6,8-10,13H,1,7H2,2-4H3,(H,18,20). The van der Waals surface area contributed by atoms with Gasteiger partial charge in [0.1, 0.15) is 11.4 Å². The van der Waals surface area contributed by atoms with Crippen molar-refractivity contribution in [3.05, 3.63) is 48.3 Å². The highest BCUT2D eigenvalue weighted by molar-refractivity contribution is 6.01. The maximum absolute atomic E-state index is 13.2. The Morgan fingerprint density at radius 3 is 2.62 bits per heavy atom. The van der Waals surface area contributed by atoms with Crippen LogP contribution < -0.4 is 5.32 Å². The van der Waals surface area contributed by atoms with Crippen molar-refractivity contribution >= 4 is 11.9 Å². The normalized spacial score (nSPS) is 12.4. The van der Waals surface area contributed by atoms with Crippen LogP contribution in [0.15, 0.2) is 36.9 Å². The van der Waals surface area contributed by atoms with E-state index in [1.807, 2.05) is 0 Å². The van der Waals surface area contributed by atoms with Crippen LogP contribution in [0.2, 0.25) is 0 Å². The summed E-state index contributed by atoms with van der Waals surface area (Å²) in [5.74, 6) is -0.893. The zero-order valence-corrected chi connectivity index (χ0v) is 12.5. The van der Waals surface area contributed by atoms with Crippen molar-refractivity contribution < 1.29 is 18.7 Å². The molecule has 21 heavy (non-hydrogen) atoms. The molecule has 1 rings (SSSR count). The first-order valence-electron chi connectivity index (χ1n) is 6.63. The molecule has 1 amide bonds. The molecular weight excluding hydrogens is 273 g/mol. The van der Waals surface area contributed by atoms with E-state index in [9.17, 15) is 14.0 Å². The molecule has 0 radical (unpaired) electrons. The molecule has 0 aromatic heterocycles. The van der Waals surface area contributed by atoms with Gasteiger partial charge in [-0.2, -0.15) is 0 Å². The fraction of sp³-hybridized carbons (Fsp3) is 0.375. The van der Waals surface area contributed by atoms with Crippen molar-refractivity contribution in [2.24, 2.45) is 0 Å². The van der Waals surface area contributed by atoms with E-state index < -0.39 is 23.6 Å². The number of ether oxygens (including phenoxy) is 1. The zero-order chi connectivity index (χ0) is 16.0. The van der Waals surface area contributed by atoms with Crippen LogP contribution in [0.1, 0.15) is 37.6 Å². The minimum Gasteiger partial charge on any atom is -0.444 e. The van der Waals surface area contributed by atoms with E-state index in [-0.39, 0.29) is 17.8 Å². The van der Waals surface area contributed by atoms with E-state index in [1.165, 1.54) is 24.3 Å². The van der Waals surface area contributed by atoms with E-state index in [0.717, 1.165) is 6.07 Å². The third-order valence-corrected chi connectivity index (χ3v) is 2.52. The van der Waals surface area contributed by atoms with Crippen LogP contribution in [-0.2, 0) is 4.74 Å². The molecule has 1 aromatic carbocycles. The fourth-order valence-corrected chi connectivity index (χ4v) is 1.69. The SMILES string of the molecule is C=CCC(NC(=O)OC(C)(C)C)C(=O)c1cccc(F)c1. The van der Waals surface area contributed by atoms with Crippen LogP contribution >= 0.6 is 0 Å². The molecule has 5 heteroatoms. The Labute approximate surface area is 124 Å². The maximum Gasteiger partial charge on any atom is 0.408 e. The molecule has 0 saturated heterocycles. The van der Waals surface area contributed by atoms with Crippen LogP contribution in [-0.4, -0.2) is 23.5 Å². The van der Waals surface area contributed by atoms with Crippen molar-refractivity contribution in [3.63, 3.8) is 0 Å². The Bertz CT molecular complexity index is 535. The van der Waals surface area contributed by atoms with E-state index in [4.69, 9.17) is 4.74 Å². The number of rotatable bonds is 5. The summed E-state index contributed by atoms with van der Waals surface area (Å²) in [6.07, 6.45) is 1.05. The van der Waals surface area contributed by atoms with Crippen LogP contribution in [0.5, 0.6) is 0 Å². The number of hydrogen-bond donors (Lipinski definition) is 1. The molecule has 1 atom stereocenters. The molecule has 0 heterocycles. The lowest BCUT2D eigenvalue weighted by atomic mass is 10.0. The quantitative estimate of drug-likeness (QED) is 0.668. The number of alkyl carbamates (subject to hydrolysis) is 1. The first kappa shape index (κ1) is 16.9. The minimum atomic E-state index is -0.834.